The van der Waals surface area contributed by atoms with Gasteiger partial charge in [-0.1, -0.05) is 91.4 Å². The number of hydrogen-bond acceptors (Lipinski definition) is 25. The number of imidazole rings is 1. The van der Waals surface area contributed by atoms with Crippen molar-refractivity contribution in [2.75, 3.05) is 100 Å². The predicted molar refractivity (Wildman–Crippen MR) is 535 cm³/mol. The number of aryl methyl sites for hydroxylation is 1. The zero-order valence-electron chi connectivity index (χ0n) is 81.8. The van der Waals surface area contributed by atoms with Gasteiger partial charge in [0.05, 0.1) is 77.3 Å². The van der Waals surface area contributed by atoms with E-state index in [4.69, 9.17) is 80.0 Å². The average molecular weight is 2320 g/mol. The van der Waals surface area contributed by atoms with Crippen LogP contribution in [0.15, 0.2) is 96.6 Å². The normalized spacial score (nSPS) is 17.9. The number of anilines is 4. The zero-order valence-corrected chi connectivity index (χ0v) is 91.0. The van der Waals surface area contributed by atoms with Gasteiger partial charge in [-0.05, 0) is 167 Å². The van der Waals surface area contributed by atoms with E-state index in [2.05, 4.69) is 115 Å². The quantitative estimate of drug-likeness (QED) is 0.0116. The van der Waals surface area contributed by atoms with Gasteiger partial charge in [0.15, 0.2) is 45.6 Å². The summed E-state index contributed by atoms with van der Waals surface area (Å²) in [5.41, 5.74) is -0.297. The van der Waals surface area contributed by atoms with Crippen LogP contribution in [-0.2, 0) is 59.3 Å². The monoisotopic (exact) mass is 2320 g/mol. The predicted octanol–water partition coefficient (Wildman–Crippen LogP) is 24.8. The van der Waals surface area contributed by atoms with Crippen molar-refractivity contribution >= 4 is 201 Å². The largest absolute Gasteiger partial charge is 0.475 e. The van der Waals surface area contributed by atoms with Gasteiger partial charge < -0.3 is 75.3 Å². The molecule has 0 spiro atoms. The first-order valence-corrected chi connectivity index (χ1v) is 58.2. The standard InChI is InChI=1S/C21H26BrFN2O6.C21H25BrFNO6.C19H21BrFNO6.C14H13BrFNO5.C7H14O2.C4H5N2.3C4H9.Sn/c1-5-14-11-13(7-8-30-14)25(21(27)29-6-2)17-15-9-12(22)10-16(23)18(15)31-19(17)20(26)24(3)28-4;1-4-14-11-13(7-8-29-14)24(21(26)28-6-3)17-15-9-12(22)10-16(23)18(15)30-19(17)20(25)27-5-2;1-3-12-9-11(5-6-27-12)22(19(25)26-4-2)15-13-7-10(20)8-14(21)16(13)28-17(15)18(23)24;1-3-20-13(18)12-10(17-14(19)21-4-2)8-5-7(15)6-9(16)11(8)22-12;1-2-7-5-6(8)3-4-9-7;1-6-3-2-5-4-6;3*1-3-4-2;/h9-10,13-14H,5-8,11H2,1-4H3;9-10,13-14H,4-8,11H2,1-3H3;7-8,11-12H,3-6,9H2,1-2H3,(H,23,24);5-6H,3-4H2,1-2H3,(H,17,19);6-8H,2-5H2,1H3;3-4H,1H3;3*1,3-4H2,2H3;/t2*13-,14-;11-,12-;;6-,7+;;;;;/m000.1...../s1. The molecule has 9 aromatic rings. The summed E-state index contributed by atoms with van der Waals surface area (Å²) in [4.78, 5) is 114. The maximum Gasteiger partial charge on any atom is 0.414 e. The van der Waals surface area contributed by atoms with Crippen LogP contribution in [0.5, 0.6) is 0 Å². The summed E-state index contributed by atoms with van der Waals surface area (Å²) < 4.78 is 143. The van der Waals surface area contributed by atoms with Crippen LogP contribution in [0.25, 0.3) is 43.9 Å². The number of furan rings is 4. The fraction of sp³-hybridized carbons (Fsp3) is 0.561. The van der Waals surface area contributed by atoms with Gasteiger partial charge in [0.1, 0.15) is 22.7 Å². The summed E-state index contributed by atoms with van der Waals surface area (Å²) in [6, 6.07) is 10.1. The van der Waals surface area contributed by atoms with Crippen LogP contribution in [0, 0.1) is 23.3 Å². The molecule has 0 bridgehead atoms. The van der Waals surface area contributed by atoms with Crippen molar-refractivity contribution in [3.63, 3.8) is 0 Å². The molecule has 32 nitrogen and oxygen atoms in total. The number of carboxylic acids is 1. The average Bonchev–Trinajstić information content (AvgIpc) is 1.60. The number of benzene rings is 4. The van der Waals surface area contributed by atoms with Crippen molar-refractivity contribution in [2.24, 2.45) is 7.05 Å². The SMILES string of the molecule is CCC[CH2][Sn]([CH2]CCC)([CH2]CCC)[c]1cn(C)cn1.CCOC(=O)N(c1c(C(=O)N(C)OC)oc2c(F)cc(Br)cc12)[C@H]1CCO[C@@H](CC)C1.CCOC(=O)N(c1c(C(=O)O)oc2c(F)cc(Br)cc12)[C@H]1CCO[C@@H](CC)C1.CCOC(=O)Nc1c(C(=O)OCC)oc2c(F)cc(Br)cc12.CCOC(=O)c1oc2c(F)cc(Br)cc2c1N(C(=O)OCC)[C@H]1CCO[C@@H](CC)C1.CC[C@H]1C[C@H](O)CCO1. The molecular formula is C98H131Br4F4N7O25Sn. The number of nitrogens with one attached hydrogen (secondary N) is 1. The van der Waals surface area contributed by atoms with Gasteiger partial charge in [-0.3, -0.25) is 29.6 Å². The number of carboxylic acid groups (broad SMARTS) is 1. The molecule has 768 valence electrons. The molecule has 139 heavy (non-hydrogen) atoms. The first-order valence-electron chi connectivity index (χ1n) is 47.6. The summed E-state index contributed by atoms with van der Waals surface area (Å²) >= 11 is 10.7. The van der Waals surface area contributed by atoms with Crippen LogP contribution in [0.1, 0.15) is 248 Å². The maximum atomic E-state index is 14.7. The van der Waals surface area contributed by atoms with Crippen molar-refractivity contribution in [2.45, 2.75) is 268 Å². The van der Waals surface area contributed by atoms with Crippen molar-refractivity contribution in [1.82, 2.24) is 14.6 Å². The first-order chi connectivity index (χ1) is 66.6. The number of rotatable bonds is 32. The van der Waals surface area contributed by atoms with E-state index in [1.165, 1.54) is 117 Å². The van der Waals surface area contributed by atoms with Crippen molar-refractivity contribution in [3.8, 4) is 0 Å². The van der Waals surface area contributed by atoms with E-state index in [1.807, 2.05) is 27.1 Å². The third kappa shape index (κ3) is 30.7. The Morgan fingerprint density at radius 1 is 0.460 bits per heavy atom. The van der Waals surface area contributed by atoms with E-state index in [0.29, 0.717) is 82.3 Å². The van der Waals surface area contributed by atoms with Gasteiger partial charge in [-0.15, -0.1) is 0 Å². The number of aromatic nitrogens is 2. The Balaban J connectivity index is 0.000000210. The Labute approximate surface area is 845 Å². The second-order valence-electron chi connectivity index (χ2n) is 33.3. The number of unbranched alkanes of at least 4 members (excludes halogenated alkanes) is 3. The van der Waals surface area contributed by atoms with Crippen LogP contribution < -0.4 is 23.7 Å². The minimum Gasteiger partial charge on any atom is -0.475 e. The number of carbonyl (C=O) groups excluding carboxylic acids is 7. The number of esters is 2. The molecule has 5 aromatic heterocycles. The third-order valence-electron chi connectivity index (χ3n) is 23.8. The summed E-state index contributed by atoms with van der Waals surface area (Å²) in [6.07, 6.45) is 18.1. The van der Waals surface area contributed by atoms with Gasteiger partial charge >= 0.3 is 172 Å². The Morgan fingerprint density at radius 2 is 0.791 bits per heavy atom. The molecule has 4 fully saturated rings. The topological polar surface area (TPSA) is 374 Å². The molecule has 4 aromatic carbocycles. The first kappa shape index (κ1) is 116. The molecule has 9 heterocycles. The number of amides is 5. The molecule has 4 aliphatic rings. The molecule has 5 amide bonds. The Kier molecular flexibility index (Phi) is 47.5. The minimum atomic E-state index is -2.21. The number of aliphatic hydroxyl groups excluding tert-OH is 1. The van der Waals surface area contributed by atoms with E-state index in [0.717, 1.165) is 50.2 Å². The number of nitrogens with zero attached hydrogens (tertiary/aromatic N) is 6. The number of carbonyl (C=O) groups is 8. The molecule has 0 aliphatic carbocycles. The fourth-order valence-corrected chi connectivity index (χ4v) is 34.1. The molecule has 8 atom stereocenters. The molecule has 0 saturated carbocycles. The number of ether oxygens (including phenoxy) is 10. The Morgan fingerprint density at radius 3 is 1.13 bits per heavy atom. The second kappa shape index (κ2) is 57.0. The van der Waals surface area contributed by atoms with Crippen LogP contribution in [0.2, 0.25) is 13.3 Å². The van der Waals surface area contributed by atoms with Crippen molar-refractivity contribution in [1.29, 1.82) is 0 Å². The molecule has 0 radical (unpaired) electrons. The van der Waals surface area contributed by atoms with Gasteiger partial charge in [0.2, 0.25) is 23.0 Å². The van der Waals surface area contributed by atoms with Gasteiger partial charge in [-0.25, -0.2) is 56.2 Å². The van der Waals surface area contributed by atoms with Gasteiger partial charge in [-0.2, -0.15) is 0 Å². The van der Waals surface area contributed by atoms with E-state index in [1.54, 1.807) is 57.4 Å². The molecule has 3 N–H and O–H groups in total. The molecule has 4 saturated heterocycles. The Hall–Kier alpha value is -8.59. The number of hydroxylamine groups is 2. The summed E-state index contributed by atoms with van der Waals surface area (Å²) in [5, 5.41) is 23.1. The molecule has 4 aliphatic heterocycles. The van der Waals surface area contributed by atoms with Gasteiger partial charge in [0.25, 0.3) is 0 Å². The summed E-state index contributed by atoms with van der Waals surface area (Å²) in [7, 11) is 4.85. The number of halogens is 8. The maximum absolute atomic E-state index is 14.7. The number of hydrogen-bond donors (Lipinski definition) is 3. The summed E-state index contributed by atoms with van der Waals surface area (Å²) in [6.45, 7) is 27.9. The minimum absolute atomic E-state index is 0.00269. The number of aromatic carboxylic acids is 1. The van der Waals surface area contributed by atoms with E-state index >= 15 is 0 Å². The number of fused-ring (bicyclic) bond motifs is 4. The van der Waals surface area contributed by atoms with Crippen molar-refractivity contribution < 1.29 is 136 Å². The van der Waals surface area contributed by atoms with Crippen LogP contribution in [0.3, 0.4) is 0 Å². The third-order valence-corrected chi connectivity index (χ3v) is 40.7. The molecule has 0 unspecified atom stereocenters. The van der Waals surface area contributed by atoms with Gasteiger partial charge in [0, 0.05) is 91.0 Å². The van der Waals surface area contributed by atoms with E-state index in [-0.39, 0.29) is 166 Å². The molecule has 13 rings (SSSR count). The van der Waals surface area contributed by atoms with E-state index in [9.17, 15) is 61.0 Å². The van der Waals surface area contributed by atoms with Crippen LogP contribution >= 0.6 is 63.7 Å². The zero-order chi connectivity index (χ0) is 102. The van der Waals surface area contributed by atoms with E-state index < -0.39 is 95.6 Å². The van der Waals surface area contributed by atoms with Crippen LogP contribution in [0.4, 0.5) is 59.5 Å². The fourth-order valence-electron chi connectivity index (χ4n) is 16.9. The van der Waals surface area contributed by atoms with Crippen LogP contribution in [-0.4, -0.2) is 220 Å². The summed E-state index contributed by atoms with van der Waals surface area (Å²) in [5.74, 6) is -7.55. The Bertz CT molecular complexity index is 5540. The molecule has 41 heteroatoms. The second-order valence-corrected chi connectivity index (χ2v) is 50.0. The number of aliphatic hydroxyl groups is 1. The smallest absolute Gasteiger partial charge is 0.414 e. The molecular weight excluding hydrogens is 2190 g/mol. The van der Waals surface area contributed by atoms with Crippen molar-refractivity contribution in [3.05, 3.63) is 125 Å².